The van der Waals surface area contributed by atoms with Crippen molar-refractivity contribution in [1.82, 2.24) is 15.0 Å². The lowest BCUT2D eigenvalue weighted by Crippen LogP contribution is -2.12. The zero-order valence-corrected chi connectivity index (χ0v) is 27.0. The first-order valence-corrected chi connectivity index (χ1v) is 16.6. The fourth-order valence-electron chi connectivity index (χ4n) is 6.59. The molecule has 0 aliphatic carbocycles. The largest absolute Gasteiger partial charge is 0.456 e. The van der Waals surface area contributed by atoms with Crippen LogP contribution in [0.4, 0.5) is 17.1 Å². The van der Waals surface area contributed by atoms with E-state index < -0.39 is 0 Å². The molecule has 0 atom stereocenters. The van der Waals surface area contributed by atoms with E-state index in [1.54, 1.807) is 0 Å². The van der Waals surface area contributed by atoms with E-state index in [2.05, 4.69) is 132 Å². The lowest BCUT2D eigenvalue weighted by atomic mass is 10.0. The standard InChI is InChI=1S/C45H30N4O/c1-4-15-31(16-5-1)32-27-29-33(30-28-32)43-46-44(48-45(47-43)38-23-14-26-41-42(38)37-22-11-13-25-40(37)50-41)36-21-10-12-24-39(36)49(34-17-6-2-7-18-34)35-19-8-3-9-20-35/h1-30H. The van der Waals surface area contributed by atoms with Gasteiger partial charge in [0.1, 0.15) is 11.2 Å². The van der Waals surface area contributed by atoms with E-state index in [4.69, 9.17) is 19.4 Å². The first-order valence-electron chi connectivity index (χ1n) is 16.6. The van der Waals surface area contributed by atoms with Crippen molar-refractivity contribution in [3.8, 4) is 45.3 Å². The molecular weight excluding hydrogens is 613 g/mol. The summed E-state index contributed by atoms with van der Waals surface area (Å²) in [6.07, 6.45) is 0. The van der Waals surface area contributed by atoms with Crippen LogP contribution in [0.1, 0.15) is 0 Å². The van der Waals surface area contributed by atoms with E-state index in [9.17, 15) is 0 Å². The highest BCUT2D eigenvalue weighted by atomic mass is 16.3. The molecule has 0 amide bonds. The van der Waals surface area contributed by atoms with E-state index in [0.29, 0.717) is 17.5 Å². The van der Waals surface area contributed by atoms with E-state index >= 15 is 0 Å². The van der Waals surface area contributed by atoms with Gasteiger partial charge >= 0.3 is 0 Å². The van der Waals surface area contributed by atoms with Gasteiger partial charge < -0.3 is 9.32 Å². The third-order valence-corrected chi connectivity index (χ3v) is 8.94. The van der Waals surface area contributed by atoms with Crippen LogP contribution in [-0.2, 0) is 0 Å². The highest BCUT2D eigenvalue weighted by Crippen LogP contribution is 2.41. The van der Waals surface area contributed by atoms with Gasteiger partial charge in [-0.1, -0.05) is 133 Å². The van der Waals surface area contributed by atoms with E-state index in [-0.39, 0.29) is 0 Å². The van der Waals surface area contributed by atoms with Gasteiger partial charge in [-0.15, -0.1) is 0 Å². The third-order valence-electron chi connectivity index (χ3n) is 8.94. The highest BCUT2D eigenvalue weighted by molar-refractivity contribution is 6.11. The van der Waals surface area contributed by atoms with Crippen molar-refractivity contribution in [2.45, 2.75) is 0 Å². The van der Waals surface area contributed by atoms with Gasteiger partial charge in [0.15, 0.2) is 17.5 Å². The molecule has 0 spiro atoms. The number of benzene rings is 7. The van der Waals surface area contributed by atoms with Crippen LogP contribution in [0.2, 0.25) is 0 Å². The summed E-state index contributed by atoms with van der Waals surface area (Å²) < 4.78 is 6.27. The Balaban J connectivity index is 1.27. The molecule has 0 saturated carbocycles. The minimum atomic E-state index is 0.578. The SMILES string of the molecule is c1ccc(-c2ccc(-c3nc(-c4ccccc4N(c4ccccc4)c4ccccc4)nc(-c4cccc5oc6ccccc6c45)n3)cc2)cc1. The van der Waals surface area contributed by atoms with Gasteiger partial charge in [0, 0.05) is 38.8 Å². The molecule has 9 rings (SSSR count). The van der Waals surface area contributed by atoms with Crippen molar-refractivity contribution in [2.75, 3.05) is 4.90 Å². The third kappa shape index (κ3) is 5.37. The Kier molecular flexibility index (Phi) is 7.41. The molecular formula is C45H30N4O. The maximum absolute atomic E-state index is 6.27. The molecule has 9 aromatic rings. The first kappa shape index (κ1) is 29.3. The number of aromatic nitrogens is 3. The predicted molar refractivity (Wildman–Crippen MR) is 204 cm³/mol. The van der Waals surface area contributed by atoms with Crippen LogP contribution >= 0.6 is 0 Å². The van der Waals surface area contributed by atoms with Gasteiger partial charge in [0.25, 0.3) is 0 Å². The monoisotopic (exact) mass is 642 g/mol. The van der Waals surface area contributed by atoms with Crippen LogP contribution in [0.3, 0.4) is 0 Å². The lowest BCUT2D eigenvalue weighted by Gasteiger charge is -2.27. The second-order valence-electron chi connectivity index (χ2n) is 12.1. The summed E-state index contributed by atoms with van der Waals surface area (Å²) in [6.45, 7) is 0. The van der Waals surface area contributed by atoms with Crippen LogP contribution in [0.15, 0.2) is 186 Å². The molecule has 236 valence electrons. The Labute approximate surface area is 289 Å². The van der Waals surface area contributed by atoms with Crippen molar-refractivity contribution in [1.29, 1.82) is 0 Å². The number of furan rings is 1. The van der Waals surface area contributed by atoms with Crippen molar-refractivity contribution in [3.05, 3.63) is 182 Å². The van der Waals surface area contributed by atoms with Gasteiger partial charge in [0.2, 0.25) is 0 Å². The van der Waals surface area contributed by atoms with Crippen molar-refractivity contribution < 1.29 is 4.42 Å². The molecule has 0 bridgehead atoms. The summed E-state index contributed by atoms with van der Waals surface area (Å²) in [7, 11) is 0. The number of hydrogen-bond donors (Lipinski definition) is 0. The summed E-state index contributed by atoms with van der Waals surface area (Å²) in [5.74, 6) is 1.75. The summed E-state index contributed by atoms with van der Waals surface area (Å²) in [4.78, 5) is 17.8. The fourth-order valence-corrected chi connectivity index (χ4v) is 6.59. The number of anilines is 3. The molecule has 50 heavy (non-hydrogen) atoms. The minimum absolute atomic E-state index is 0.578. The summed E-state index contributed by atoms with van der Waals surface area (Å²) in [6, 6.07) is 62.0. The number of hydrogen-bond acceptors (Lipinski definition) is 5. The Morgan fingerprint density at radius 1 is 0.360 bits per heavy atom. The number of fused-ring (bicyclic) bond motifs is 3. The van der Waals surface area contributed by atoms with Crippen molar-refractivity contribution >= 4 is 39.0 Å². The molecule has 0 aliphatic heterocycles. The van der Waals surface area contributed by atoms with Crippen molar-refractivity contribution in [3.63, 3.8) is 0 Å². The average molecular weight is 643 g/mol. The quantitative estimate of drug-likeness (QED) is 0.173. The number of para-hydroxylation sites is 4. The lowest BCUT2D eigenvalue weighted by molar-refractivity contribution is 0.669. The molecule has 0 saturated heterocycles. The van der Waals surface area contributed by atoms with Crippen LogP contribution in [-0.4, -0.2) is 15.0 Å². The second-order valence-corrected chi connectivity index (χ2v) is 12.1. The number of rotatable bonds is 7. The maximum atomic E-state index is 6.27. The molecule has 5 nitrogen and oxygen atoms in total. The van der Waals surface area contributed by atoms with Gasteiger partial charge in [-0.25, -0.2) is 15.0 Å². The summed E-state index contributed by atoms with van der Waals surface area (Å²) in [5.41, 5.74) is 9.61. The normalized spacial score (nSPS) is 11.2. The Bertz CT molecular complexity index is 2540. The summed E-state index contributed by atoms with van der Waals surface area (Å²) >= 11 is 0. The van der Waals surface area contributed by atoms with Crippen molar-refractivity contribution in [2.24, 2.45) is 0 Å². The predicted octanol–water partition coefficient (Wildman–Crippen LogP) is 11.9. The van der Waals surface area contributed by atoms with Gasteiger partial charge in [-0.3, -0.25) is 0 Å². The molecule has 2 heterocycles. The van der Waals surface area contributed by atoms with E-state index in [1.165, 1.54) is 0 Å². The zero-order chi connectivity index (χ0) is 33.3. The molecule has 0 aliphatic rings. The Hall–Kier alpha value is -6.85. The molecule has 0 fully saturated rings. The average Bonchev–Trinajstić information content (AvgIpc) is 3.58. The molecule has 5 heteroatoms. The van der Waals surface area contributed by atoms with Crippen LogP contribution in [0.5, 0.6) is 0 Å². The Morgan fingerprint density at radius 2 is 0.860 bits per heavy atom. The fraction of sp³-hybridized carbons (Fsp3) is 0. The van der Waals surface area contributed by atoms with Crippen LogP contribution < -0.4 is 4.90 Å². The van der Waals surface area contributed by atoms with Crippen LogP contribution in [0, 0.1) is 0 Å². The van der Waals surface area contributed by atoms with E-state index in [1.807, 2.05) is 54.6 Å². The molecule has 7 aromatic carbocycles. The molecule has 0 unspecified atom stereocenters. The highest BCUT2D eigenvalue weighted by Gasteiger charge is 2.22. The maximum Gasteiger partial charge on any atom is 0.166 e. The topological polar surface area (TPSA) is 55.1 Å². The van der Waals surface area contributed by atoms with Gasteiger partial charge in [-0.05, 0) is 59.7 Å². The molecule has 0 radical (unpaired) electrons. The van der Waals surface area contributed by atoms with Gasteiger partial charge in [-0.2, -0.15) is 0 Å². The number of nitrogens with zero attached hydrogens (tertiary/aromatic N) is 4. The first-order chi connectivity index (χ1) is 24.8. The van der Waals surface area contributed by atoms with Gasteiger partial charge in [0.05, 0.1) is 5.69 Å². The second kappa shape index (κ2) is 12.6. The van der Waals surface area contributed by atoms with E-state index in [0.717, 1.165) is 66.8 Å². The van der Waals surface area contributed by atoms with Crippen LogP contribution in [0.25, 0.3) is 67.2 Å². The minimum Gasteiger partial charge on any atom is -0.456 e. The molecule has 0 N–H and O–H groups in total. The molecule has 2 aromatic heterocycles. The summed E-state index contributed by atoms with van der Waals surface area (Å²) in [5, 5.41) is 2.00. The zero-order valence-electron chi connectivity index (χ0n) is 27.0. The smallest absolute Gasteiger partial charge is 0.166 e. The Morgan fingerprint density at radius 3 is 1.58 bits per heavy atom.